The number of nitrogens with one attached hydrogen (secondary N) is 1. The van der Waals surface area contributed by atoms with Crippen LogP contribution in [0.5, 0.6) is 0 Å². The van der Waals surface area contributed by atoms with Crippen molar-refractivity contribution in [2.75, 3.05) is 5.32 Å². The van der Waals surface area contributed by atoms with Gasteiger partial charge in [-0.05, 0) is 41.5 Å². The van der Waals surface area contributed by atoms with Crippen LogP contribution in [0.25, 0.3) is 0 Å². The largest absolute Gasteiger partial charge is 0.321 e. The second kappa shape index (κ2) is 9.64. The maximum atomic E-state index is 13.0. The molecule has 36 heavy (non-hydrogen) atoms. The van der Waals surface area contributed by atoms with E-state index in [0.717, 1.165) is 11.1 Å². The van der Waals surface area contributed by atoms with Gasteiger partial charge < -0.3 is 9.88 Å². The van der Waals surface area contributed by atoms with Gasteiger partial charge in [0.25, 0.3) is 23.3 Å². The minimum Gasteiger partial charge on any atom is -0.321 e. The van der Waals surface area contributed by atoms with E-state index in [-0.39, 0.29) is 35.3 Å². The number of benzene rings is 3. The van der Waals surface area contributed by atoms with Crippen LogP contribution in [0.15, 0.2) is 95.9 Å². The fraction of sp³-hybridized carbons (Fsp3) is 0.0714. The summed E-state index contributed by atoms with van der Waals surface area (Å²) >= 11 is 6.21. The van der Waals surface area contributed by atoms with Crippen LogP contribution in [0.3, 0.4) is 0 Å². The van der Waals surface area contributed by atoms with E-state index in [9.17, 15) is 19.2 Å². The Kier molecular flexibility index (Phi) is 6.23. The Labute approximate surface area is 211 Å². The van der Waals surface area contributed by atoms with Crippen LogP contribution in [0.2, 0.25) is 5.02 Å². The number of halogens is 1. The lowest BCUT2D eigenvalue weighted by atomic mass is 10.1. The zero-order chi connectivity index (χ0) is 25.2. The first-order valence-corrected chi connectivity index (χ1v) is 11.6. The molecular formula is C28H20ClN3O4. The minimum atomic E-state index is -0.470. The number of rotatable bonds is 6. The molecule has 0 unspecified atom stereocenters. The smallest absolute Gasteiger partial charge is 0.261 e. The van der Waals surface area contributed by atoms with E-state index < -0.39 is 17.7 Å². The van der Waals surface area contributed by atoms with Crippen LogP contribution in [0.4, 0.5) is 5.69 Å². The van der Waals surface area contributed by atoms with E-state index in [2.05, 4.69) is 5.32 Å². The summed E-state index contributed by atoms with van der Waals surface area (Å²) in [6.07, 6.45) is 1.53. The van der Waals surface area contributed by atoms with Crippen molar-refractivity contribution in [1.29, 1.82) is 0 Å². The molecule has 0 saturated carbocycles. The van der Waals surface area contributed by atoms with Gasteiger partial charge in [-0.2, -0.15) is 0 Å². The SMILES string of the molecule is O=C(Nc1ccc(=O)n(Cc2ccccc2Cl)c1)c1ccc2c(c1)C(=O)N(Cc1ccccc1)C2=O. The zero-order valence-corrected chi connectivity index (χ0v) is 19.7. The predicted octanol–water partition coefficient (Wildman–Crippen LogP) is 4.60. The Hall–Kier alpha value is -4.49. The number of aromatic nitrogens is 1. The lowest BCUT2D eigenvalue weighted by Crippen LogP contribution is -2.29. The number of pyridine rings is 1. The van der Waals surface area contributed by atoms with Crippen molar-refractivity contribution in [1.82, 2.24) is 9.47 Å². The third kappa shape index (κ3) is 4.56. The number of anilines is 1. The lowest BCUT2D eigenvalue weighted by Gasteiger charge is -2.13. The second-order valence-electron chi connectivity index (χ2n) is 8.37. The van der Waals surface area contributed by atoms with Gasteiger partial charge in [-0.15, -0.1) is 0 Å². The molecule has 2 heterocycles. The molecule has 3 aromatic carbocycles. The lowest BCUT2D eigenvalue weighted by molar-refractivity contribution is 0.0642. The topological polar surface area (TPSA) is 88.5 Å². The van der Waals surface area contributed by atoms with Crippen LogP contribution in [0, 0.1) is 0 Å². The summed E-state index contributed by atoms with van der Waals surface area (Å²) < 4.78 is 1.45. The van der Waals surface area contributed by atoms with Crippen molar-refractivity contribution >= 4 is 35.0 Å². The fourth-order valence-electron chi connectivity index (χ4n) is 4.08. The summed E-state index contributed by atoms with van der Waals surface area (Å²) in [6, 6.07) is 23.7. The van der Waals surface area contributed by atoms with Crippen molar-refractivity contribution in [2.45, 2.75) is 13.1 Å². The van der Waals surface area contributed by atoms with Gasteiger partial charge in [0.2, 0.25) is 0 Å². The Morgan fingerprint density at radius 3 is 2.28 bits per heavy atom. The van der Waals surface area contributed by atoms with E-state index in [1.807, 2.05) is 42.5 Å². The summed E-state index contributed by atoms with van der Waals surface area (Å²) in [4.78, 5) is 52.2. The number of fused-ring (bicyclic) bond motifs is 1. The van der Waals surface area contributed by atoms with Crippen LogP contribution in [-0.2, 0) is 13.1 Å². The molecule has 0 spiro atoms. The molecule has 7 nitrogen and oxygen atoms in total. The second-order valence-corrected chi connectivity index (χ2v) is 8.78. The summed E-state index contributed by atoms with van der Waals surface area (Å²) in [7, 11) is 0. The van der Waals surface area contributed by atoms with Crippen LogP contribution in [0.1, 0.15) is 42.2 Å². The maximum Gasteiger partial charge on any atom is 0.261 e. The van der Waals surface area contributed by atoms with E-state index in [1.165, 1.54) is 46.0 Å². The quantitative estimate of drug-likeness (QED) is 0.394. The molecule has 1 N–H and O–H groups in total. The molecule has 178 valence electrons. The Balaban J connectivity index is 1.35. The molecule has 0 saturated heterocycles. The van der Waals surface area contributed by atoms with Gasteiger partial charge in [-0.1, -0.05) is 60.1 Å². The number of amides is 3. The molecule has 1 aliphatic rings. The molecule has 1 aromatic heterocycles. The van der Waals surface area contributed by atoms with Crippen molar-refractivity contribution in [3.8, 4) is 0 Å². The summed E-state index contributed by atoms with van der Waals surface area (Å²) in [5.74, 6) is -1.30. The first kappa shape index (κ1) is 23.3. The highest BCUT2D eigenvalue weighted by molar-refractivity contribution is 6.31. The molecule has 0 atom stereocenters. The number of hydrogen-bond donors (Lipinski definition) is 1. The van der Waals surface area contributed by atoms with E-state index in [0.29, 0.717) is 10.7 Å². The normalized spacial score (nSPS) is 12.5. The van der Waals surface area contributed by atoms with Gasteiger partial charge in [-0.3, -0.25) is 24.1 Å². The van der Waals surface area contributed by atoms with Crippen molar-refractivity contribution in [3.05, 3.63) is 134 Å². The number of nitrogens with zero attached hydrogens (tertiary/aromatic N) is 2. The molecule has 1 aliphatic heterocycles. The van der Waals surface area contributed by atoms with Gasteiger partial charge in [0.15, 0.2) is 0 Å². The average Bonchev–Trinajstić information content (AvgIpc) is 3.12. The van der Waals surface area contributed by atoms with Gasteiger partial charge in [0.1, 0.15) is 0 Å². The third-order valence-electron chi connectivity index (χ3n) is 5.96. The Bertz CT molecular complexity index is 1560. The van der Waals surface area contributed by atoms with Crippen LogP contribution in [-0.4, -0.2) is 27.2 Å². The molecule has 0 bridgehead atoms. The Morgan fingerprint density at radius 2 is 1.50 bits per heavy atom. The van der Waals surface area contributed by atoms with E-state index >= 15 is 0 Å². The first-order chi connectivity index (χ1) is 17.4. The van der Waals surface area contributed by atoms with Crippen molar-refractivity contribution in [2.24, 2.45) is 0 Å². The average molecular weight is 498 g/mol. The molecule has 3 amide bonds. The molecule has 0 radical (unpaired) electrons. The molecule has 0 fully saturated rings. The van der Waals surface area contributed by atoms with Crippen molar-refractivity contribution in [3.63, 3.8) is 0 Å². The molecular weight excluding hydrogens is 478 g/mol. The van der Waals surface area contributed by atoms with Gasteiger partial charge in [0.05, 0.1) is 29.9 Å². The number of imide groups is 1. The molecule has 8 heteroatoms. The van der Waals surface area contributed by atoms with Gasteiger partial charge in [0, 0.05) is 22.8 Å². The maximum absolute atomic E-state index is 13.0. The van der Waals surface area contributed by atoms with E-state index in [1.54, 1.807) is 12.1 Å². The third-order valence-corrected chi connectivity index (χ3v) is 6.32. The number of hydrogen-bond acceptors (Lipinski definition) is 4. The van der Waals surface area contributed by atoms with Gasteiger partial charge in [-0.25, -0.2) is 0 Å². The van der Waals surface area contributed by atoms with Crippen LogP contribution < -0.4 is 10.9 Å². The fourth-order valence-corrected chi connectivity index (χ4v) is 4.28. The zero-order valence-electron chi connectivity index (χ0n) is 19.0. The standard InChI is InChI=1S/C28H20ClN3O4/c29-24-9-5-4-8-20(24)16-31-17-21(11-13-25(31)33)30-26(34)19-10-12-22-23(14-19)28(36)32(27(22)35)15-18-6-2-1-3-7-18/h1-14,17H,15-16H2,(H,30,34). The molecule has 0 aliphatic carbocycles. The highest BCUT2D eigenvalue weighted by atomic mass is 35.5. The predicted molar refractivity (Wildman–Crippen MR) is 136 cm³/mol. The molecule has 5 rings (SSSR count). The molecule has 4 aromatic rings. The highest BCUT2D eigenvalue weighted by Crippen LogP contribution is 2.26. The number of carbonyl (C=O) groups is 3. The number of carbonyl (C=O) groups excluding carboxylic acids is 3. The first-order valence-electron chi connectivity index (χ1n) is 11.2. The summed E-state index contributed by atoms with van der Waals surface area (Å²) in [6.45, 7) is 0.399. The summed E-state index contributed by atoms with van der Waals surface area (Å²) in [5.41, 5.74) is 2.44. The Morgan fingerprint density at radius 1 is 0.778 bits per heavy atom. The van der Waals surface area contributed by atoms with Gasteiger partial charge >= 0.3 is 0 Å². The van der Waals surface area contributed by atoms with E-state index in [4.69, 9.17) is 11.6 Å². The van der Waals surface area contributed by atoms with Crippen LogP contribution >= 0.6 is 11.6 Å². The monoisotopic (exact) mass is 497 g/mol. The van der Waals surface area contributed by atoms with Crippen molar-refractivity contribution < 1.29 is 14.4 Å². The highest BCUT2D eigenvalue weighted by Gasteiger charge is 2.36. The summed E-state index contributed by atoms with van der Waals surface area (Å²) in [5, 5.41) is 3.29. The minimum absolute atomic E-state index is 0.154.